The molecular formula is C25H23NO4S. The fourth-order valence-electron chi connectivity index (χ4n) is 4.96. The highest BCUT2D eigenvalue weighted by Gasteiger charge is 2.55. The van der Waals surface area contributed by atoms with Gasteiger partial charge in [-0.15, -0.1) is 0 Å². The number of anilines is 1. The molecule has 5 nitrogen and oxygen atoms in total. The lowest BCUT2D eigenvalue weighted by atomic mass is 9.75. The van der Waals surface area contributed by atoms with Crippen LogP contribution in [0.1, 0.15) is 18.4 Å². The first-order valence-electron chi connectivity index (χ1n) is 10.3. The normalized spacial score (nSPS) is 23.0. The number of esters is 1. The molecule has 1 heterocycles. The monoisotopic (exact) mass is 433 g/mol. The van der Waals surface area contributed by atoms with Crippen LogP contribution in [-0.4, -0.2) is 21.0 Å². The fraction of sp³-hybridized carbons (Fsp3) is 0.240. The molecule has 0 aromatic heterocycles. The second kappa shape index (κ2) is 7.24. The summed E-state index contributed by atoms with van der Waals surface area (Å²) in [5.41, 5.74) is 2.03. The second-order valence-corrected chi connectivity index (χ2v) is 10.2. The molecule has 2 unspecified atom stereocenters. The first kappa shape index (κ1) is 19.8. The minimum absolute atomic E-state index is 0.142. The Labute approximate surface area is 181 Å². The van der Waals surface area contributed by atoms with Crippen LogP contribution in [0, 0.1) is 11.3 Å². The largest absolute Gasteiger partial charge is 0.465 e. The number of cyclic esters (lactones) is 1. The molecule has 1 N–H and O–H groups in total. The van der Waals surface area contributed by atoms with Gasteiger partial charge in [0.15, 0.2) is 0 Å². The SMILES string of the molecule is C=C1CC2COC(=O)C2(Cc2ccc(NS(=O)(=O)c3cccc4ccccc34)cc2)C1. The second-order valence-electron chi connectivity index (χ2n) is 8.54. The smallest absolute Gasteiger partial charge is 0.313 e. The van der Waals surface area contributed by atoms with E-state index in [2.05, 4.69) is 11.3 Å². The van der Waals surface area contributed by atoms with Crippen molar-refractivity contribution in [1.29, 1.82) is 0 Å². The van der Waals surface area contributed by atoms with E-state index in [9.17, 15) is 13.2 Å². The van der Waals surface area contributed by atoms with Crippen molar-refractivity contribution in [3.63, 3.8) is 0 Å². The van der Waals surface area contributed by atoms with E-state index in [0.717, 1.165) is 22.9 Å². The van der Waals surface area contributed by atoms with E-state index >= 15 is 0 Å². The molecule has 0 spiro atoms. The first-order chi connectivity index (χ1) is 14.9. The number of allylic oxidation sites excluding steroid dienone is 1. The lowest BCUT2D eigenvalue weighted by Gasteiger charge is -2.24. The summed E-state index contributed by atoms with van der Waals surface area (Å²) in [6.45, 7) is 4.54. The van der Waals surface area contributed by atoms with E-state index in [0.29, 0.717) is 30.5 Å². The number of rotatable bonds is 5. The molecule has 0 radical (unpaired) electrons. The lowest BCUT2D eigenvalue weighted by Crippen LogP contribution is -2.31. The van der Waals surface area contributed by atoms with Crippen molar-refractivity contribution in [3.05, 3.63) is 84.4 Å². The zero-order chi connectivity index (χ0) is 21.6. The number of sulfonamides is 1. The molecule has 1 aliphatic carbocycles. The molecule has 2 fully saturated rings. The zero-order valence-electron chi connectivity index (χ0n) is 17.0. The van der Waals surface area contributed by atoms with Crippen LogP contribution in [0.2, 0.25) is 0 Å². The van der Waals surface area contributed by atoms with Crippen molar-refractivity contribution in [1.82, 2.24) is 0 Å². The molecule has 3 aromatic rings. The molecule has 2 atom stereocenters. The van der Waals surface area contributed by atoms with Gasteiger partial charge in [0.1, 0.15) is 0 Å². The molecule has 1 saturated heterocycles. The van der Waals surface area contributed by atoms with Gasteiger partial charge >= 0.3 is 5.97 Å². The van der Waals surface area contributed by atoms with Crippen molar-refractivity contribution in [2.24, 2.45) is 11.3 Å². The summed E-state index contributed by atoms with van der Waals surface area (Å²) >= 11 is 0. The summed E-state index contributed by atoms with van der Waals surface area (Å²) in [5.74, 6) is 0.0360. The van der Waals surface area contributed by atoms with Crippen LogP contribution in [0.4, 0.5) is 5.69 Å². The summed E-state index contributed by atoms with van der Waals surface area (Å²) < 4.78 is 34.1. The van der Waals surface area contributed by atoms with E-state index in [1.165, 1.54) is 0 Å². The number of nitrogens with one attached hydrogen (secondary N) is 1. The van der Waals surface area contributed by atoms with E-state index in [1.807, 2.05) is 36.4 Å². The summed E-state index contributed by atoms with van der Waals surface area (Å²) in [6.07, 6.45) is 2.06. The third-order valence-corrected chi connectivity index (χ3v) is 7.91. The van der Waals surface area contributed by atoms with Crippen molar-refractivity contribution in [2.75, 3.05) is 11.3 Å². The van der Waals surface area contributed by atoms with Gasteiger partial charge < -0.3 is 4.74 Å². The fourth-order valence-corrected chi connectivity index (χ4v) is 6.25. The van der Waals surface area contributed by atoms with Gasteiger partial charge in [-0.05, 0) is 48.4 Å². The predicted octanol–water partition coefficient (Wildman–Crippen LogP) is 4.69. The maximum absolute atomic E-state index is 13.0. The number of carbonyl (C=O) groups is 1. The quantitative estimate of drug-likeness (QED) is 0.468. The average Bonchev–Trinajstić information content (AvgIpc) is 3.22. The third-order valence-electron chi connectivity index (χ3n) is 6.47. The Morgan fingerprint density at radius 2 is 1.77 bits per heavy atom. The van der Waals surface area contributed by atoms with E-state index in [4.69, 9.17) is 4.74 Å². The molecule has 0 amide bonds. The molecular weight excluding hydrogens is 410 g/mol. The van der Waals surface area contributed by atoms with Crippen molar-refractivity contribution in [3.8, 4) is 0 Å². The van der Waals surface area contributed by atoms with Crippen molar-refractivity contribution in [2.45, 2.75) is 24.2 Å². The Morgan fingerprint density at radius 3 is 2.58 bits per heavy atom. The highest BCUT2D eigenvalue weighted by Crippen LogP contribution is 2.52. The molecule has 2 aliphatic rings. The first-order valence-corrected chi connectivity index (χ1v) is 11.8. The minimum atomic E-state index is -3.74. The van der Waals surface area contributed by atoms with Crippen LogP contribution >= 0.6 is 0 Å². The Bertz CT molecular complexity index is 1290. The van der Waals surface area contributed by atoms with Gasteiger partial charge in [0, 0.05) is 17.0 Å². The number of benzene rings is 3. The maximum atomic E-state index is 13.0. The van der Waals surface area contributed by atoms with Crippen LogP contribution in [0.25, 0.3) is 10.8 Å². The molecule has 3 aromatic carbocycles. The van der Waals surface area contributed by atoms with Gasteiger partial charge in [0.05, 0.1) is 16.9 Å². The number of carbonyl (C=O) groups excluding carboxylic acids is 1. The van der Waals surface area contributed by atoms with Gasteiger partial charge in [-0.1, -0.05) is 60.7 Å². The van der Waals surface area contributed by atoms with Gasteiger partial charge in [0.25, 0.3) is 10.0 Å². The molecule has 6 heteroatoms. The van der Waals surface area contributed by atoms with Gasteiger partial charge in [-0.2, -0.15) is 0 Å². The number of hydrogen-bond acceptors (Lipinski definition) is 4. The summed E-state index contributed by atoms with van der Waals surface area (Å²) in [4.78, 5) is 12.7. The number of ether oxygens (including phenoxy) is 1. The molecule has 158 valence electrons. The van der Waals surface area contributed by atoms with E-state index in [1.54, 1.807) is 30.3 Å². The summed E-state index contributed by atoms with van der Waals surface area (Å²) in [7, 11) is -3.74. The Kier molecular flexibility index (Phi) is 4.63. The van der Waals surface area contributed by atoms with Crippen LogP contribution in [0.15, 0.2) is 83.8 Å². The molecule has 1 saturated carbocycles. The zero-order valence-corrected chi connectivity index (χ0v) is 17.8. The van der Waals surface area contributed by atoms with Crippen LogP contribution in [0.5, 0.6) is 0 Å². The highest BCUT2D eigenvalue weighted by atomic mass is 32.2. The molecule has 31 heavy (non-hydrogen) atoms. The van der Waals surface area contributed by atoms with Gasteiger partial charge in [-0.3, -0.25) is 9.52 Å². The molecule has 1 aliphatic heterocycles. The van der Waals surface area contributed by atoms with Crippen LogP contribution < -0.4 is 4.72 Å². The standard InChI is InChI=1S/C25H23NO4S/c1-17-13-20-16-30-24(27)25(20,14-17)15-18-9-11-21(12-10-18)26-31(28,29)23-8-4-6-19-5-2-3-7-22(19)23/h2-12,20,26H,1,13-16H2. The molecule has 5 rings (SSSR count). The van der Waals surface area contributed by atoms with Gasteiger partial charge in [-0.25, -0.2) is 8.42 Å². The summed E-state index contributed by atoms with van der Waals surface area (Å²) in [5, 5.41) is 1.55. The van der Waals surface area contributed by atoms with Crippen molar-refractivity contribution >= 4 is 32.5 Å². The average molecular weight is 434 g/mol. The Hall–Kier alpha value is -3.12. The topological polar surface area (TPSA) is 72.5 Å². The maximum Gasteiger partial charge on any atom is 0.313 e. The van der Waals surface area contributed by atoms with Crippen LogP contribution in [0.3, 0.4) is 0 Å². The van der Waals surface area contributed by atoms with Crippen molar-refractivity contribution < 1.29 is 17.9 Å². The van der Waals surface area contributed by atoms with Crippen LogP contribution in [-0.2, 0) is 26.0 Å². The van der Waals surface area contributed by atoms with E-state index < -0.39 is 15.4 Å². The number of fused-ring (bicyclic) bond motifs is 2. The van der Waals surface area contributed by atoms with E-state index in [-0.39, 0.29) is 16.8 Å². The Morgan fingerprint density at radius 1 is 1.03 bits per heavy atom. The summed E-state index contributed by atoms with van der Waals surface area (Å²) in [6, 6.07) is 19.9. The molecule has 0 bridgehead atoms. The minimum Gasteiger partial charge on any atom is -0.465 e. The Balaban J connectivity index is 1.38. The number of hydrogen-bond donors (Lipinski definition) is 1. The highest BCUT2D eigenvalue weighted by molar-refractivity contribution is 7.93. The predicted molar refractivity (Wildman–Crippen MR) is 120 cm³/mol. The third kappa shape index (κ3) is 3.41. The van der Waals surface area contributed by atoms with Gasteiger partial charge in [0.2, 0.25) is 0 Å². The lowest BCUT2D eigenvalue weighted by molar-refractivity contribution is -0.146.